The highest BCUT2D eigenvalue weighted by Crippen LogP contribution is 2.33. The Balaban J connectivity index is 1.88. The van der Waals surface area contributed by atoms with Crippen LogP contribution >= 0.6 is 0 Å². The van der Waals surface area contributed by atoms with E-state index in [-0.39, 0.29) is 23.9 Å². The largest absolute Gasteiger partial charge is 0.326 e. The van der Waals surface area contributed by atoms with Crippen molar-refractivity contribution in [3.05, 3.63) is 54.1 Å². The molecule has 130 valence electrons. The third-order valence-electron chi connectivity index (χ3n) is 3.80. The van der Waals surface area contributed by atoms with Crippen LogP contribution in [0.2, 0.25) is 0 Å². The van der Waals surface area contributed by atoms with E-state index in [4.69, 9.17) is 0 Å². The Morgan fingerprint density at radius 3 is 2.44 bits per heavy atom. The second-order valence-corrected chi connectivity index (χ2v) is 7.55. The van der Waals surface area contributed by atoms with Crippen LogP contribution in [0.4, 0.5) is 17.1 Å². The molecule has 0 aliphatic carbocycles. The number of carbonyl (C=O) groups is 2. The summed E-state index contributed by atoms with van der Waals surface area (Å²) in [6.07, 6.45) is 1.07. The monoisotopic (exact) mass is 359 g/mol. The molecule has 0 spiro atoms. The summed E-state index contributed by atoms with van der Waals surface area (Å²) in [5.74, 6) is -1.25. The van der Waals surface area contributed by atoms with Crippen LogP contribution in [0.15, 0.2) is 48.5 Å². The molecule has 3 N–H and O–H groups in total. The zero-order chi connectivity index (χ0) is 18.0. The highest BCUT2D eigenvalue weighted by Gasteiger charge is 2.30. The normalized spacial score (nSPS) is 16.5. The molecule has 0 saturated heterocycles. The molecule has 2 aromatic carbocycles. The first-order chi connectivity index (χ1) is 11.8. The summed E-state index contributed by atoms with van der Waals surface area (Å²) in [5.41, 5.74) is 1.95. The Hall–Kier alpha value is -2.87. The molecule has 1 aliphatic rings. The summed E-state index contributed by atoms with van der Waals surface area (Å²) in [7, 11) is -3.48. The van der Waals surface area contributed by atoms with E-state index in [9.17, 15) is 18.0 Å². The zero-order valence-corrected chi connectivity index (χ0v) is 14.3. The number of carbonyl (C=O) groups excluding carboxylic acids is 2. The summed E-state index contributed by atoms with van der Waals surface area (Å²) in [5, 5.41) is 5.46. The first-order valence-electron chi connectivity index (χ1n) is 7.60. The van der Waals surface area contributed by atoms with Gasteiger partial charge in [0.15, 0.2) is 0 Å². The number of sulfonamides is 1. The van der Waals surface area contributed by atoms with Gasteiger partial charge >= 0.3 is 0 Å². The van der Waals surface area contributed by atoms with E-state index < -0.39 is 15.9 Å². The van der Waals surface area contributed by atoms with Crippen molar-refractivity contribution in [3.63, 3.8) is 0 Å². The van der Waals surface area contributed by atoms with Crippen LogP contribution in [0.3, 0.4) is 0 Å². The average Bonchev–Trinajstić information content (AvgIpc) is 2.54. The van der Waals surface area contributed by atoms with Crippen LogP contribution in [0.1, 0.15) is 17.9 Å². The Bertz CT molecular complexity index is 940. The summed E-state index contributed by atoms with van der Waals surface area (Å²) < 4.78 is 25.3. The van der Waals surface area contributed by atoms with Gasteiger partial charge in [0.05, 0.1) is 23.5 Å². The topological polar surface area (TPSA) is 104 Å². The molecule has 0 aromatic heterocycles. The van der Waals surface area contributed by atoms with E-state index >= 15 is 0 Å². The van der Waals surface area contributed by atoms with Gasteiger partial charge < -0.3 is 10.6 Å². The van der Waals surface area contributed by atoms with Crippen molar-refractivity contribution < 1.29 is 18.0 Å². The molecule has 7 nitrogen and oxygen atoms in total. The van der Waals surface area contributed by atoms with Crippen molar-refractivity contribution in [1.29, 1.82) is 0 Å². The van der Waals surface area contributed by atoms with Crippen LogP contribution in [0.25, 0.3) is 0 Å². The quantitative estimate of drug-likeness (QED) is 0.778. The van der Waals surface area contributed by atoms with Gasteiger partial charge in [-0.05, 0) is 23.8 Å². The van der Waals surface area contributed by atoms with Gasteiger partial charge in [-0.3, -0.25) is 14.3 Å². The minimum absolute atomic E-state index is 0.0323. The van der Waals surface area contributed by atoms with Crippen molar-refractivity contribution in [2.24, 2.45) is 0 Å². The predicted molar refractivity (Wildman–Crippen MR) is 96.0 cm³/mol. The molecular weight excluding hydrogens is 342 g/mol. The SMILES string of the molecule is CS(=O)(=O)Nc1ccccc1NC(=O)C1CC(=O)Nc2ccccc21. The maximum Gasteiger partial charge on any atom is 0.232 e. The van der Waals surface area contributed by atoms with Gasteiger partial charge in [-0.15, -0.1) is 0 Å². The molecule has 2 aromatic rings. The van der Waals surface area contributed by atoms with E-state index in [0.717, 1.165) is 11.8 Å². The number of rotatable bonds is 4. The fourth-order valence-electron chi connectivity index (χ4n) is 2.75. The van der Waals surface area contributed by atoms with Gasteiger partial charge in [0.2, 0.25) is 21.8 Å². The van der Waals surface area contributed by atoms with Crippen LogP contribution in [-0.4, -0.2) is 26.5 Å². The van der Waals surface area contributed by atoms with Crippen molar-refractivity contribution in [1.82, 2.24) is 0 Å². The molecule has 1 atom stereocenters. The molecular formula is C17H17N3O4S. The fraction of sp³-hybridized carbons (Fsp3) is 0.176. The second kappa shape index (κ2) is 6.56. The molecule has 0 radical (unpaired) electrons. The summed E-state index contributed by atoms with van der Waals surface area (Å²) in [6.45, 7) is 0. The lowest BCUT2D eigenvalue weighted by molar-refractivity contribution is -0.123. The van der Waals surface area contributed by atoms with E-state index in [1.165, 1.54) is 0 Å². The number of hydrogen-bond donors (Lipinski definition) is 3. The van der Waals surface area contributed by atoms with Crippen LogP contribution < -0.4 is 15.4 Å². The minimum atomic E-state index is -3.48. The maximum atomic E-state index is 12.7. The lowest BCUT2D eigenvalue weighted by Crippen LogP contribution is -2.31. The van der Waals surface area contributed by atoms with Crippen molar-refractivity contribution >= 4 is 38.9 Å². The number of fused-ring (bicyclic) bond motifs is 1. The lowest BCUT2D eigenvalue weighted by Gasteiger charge is -2.25. The standard InChI is InChI=1S/C17H17N3O4S/c1-25(23,24)20-15-9-5-4-8-14(15)19-17(22)12-10-16(21)18-13-7-3-2-6-11(12)13/h2-9,12,20H,10H2,1H3,(H,18,21)(H,19,22). The molecule has 0 bridgehead atoms. The van der Waals surface area contributed by atoms with Crippen molar-refractivity contribution in [3.8, 4) is 0 Å². The molecule has 0 fully saturated rings. The first-order valence-corrected chi connectivity index (χ1v) is 9.49. The van der Waals surface area contributed by atoms with E-state index in [1.54, 1.807) is 48.5 Å². The molecule has 1 aliphatic heterocycles. The maximum absolute atomic E-state index is 12.7. The summed E-state index contributed by atoms with van der Waals surface area (Å²) >= 11 is 0. The summed E-state index contributed by atoms with van der Waals surface area (Å²) in [4.78, 5) is 24.6. The Kier molecular flexibility index (Phi) is 4.45. The number of amides is 2. The molecule has 1 unspecified atom stereocenters. The second-order valence-electron chi connectivity index (χ2n) is 5.80. The van der Waals surface area contributed by atoms with Gasteiger partial charge in [-0.25, -0.2) is 8.42 Å². The van der Waals surface area contributed by atoms with E-state index in [1.807, 2.05) is 0 Å². The van der Waals surface area contributed by atoms with Crippen LogP contribution in [0.5, 0.6) is 0 Å². The van der Waals surface area contributed by atoms with E-state index in [0.29, 0.717) is 11.4 Å². The van der Waals surface area contributed by atoms with Crippen LogP contribution in [0, 0.1) is 0 Å². The van der Waals surface area contributed by atoms with Gasteiger partial charge in [0, 0.05) is 12.1 Å². The molecule has 25 heavy (non-hydrogen) atoms. The number of hydrogen-bond acceptors (Lipinski definition) is 4. The van der Waals surface area contributed by atoms with E-state index in [2.05, 4.69) is 15.4 Å². The van der Waals surface area contributed by atoms with Gasteiger partial charge in [-0.2, -0.15) is 0 Å². The molecule has 8 heteroatoms. The Labute approximate surface area is 145 Å². The Morgan fingerprint density at radius 2 is 1.72 bits per heavy atom. The Morgan fingerprint density at radius 1 is 1.08 bits per heavy atom. The predicted octanol–water partition coefficient (Wildman–Crippen LogP) is 2.12. The van der Waals surface area contributed by atoms with Gasteiger partial charge in [0.25, 0.3) is 0 Å². The third kappa shape index (κ3) is 3.97. The highest BCUT2D eigenvalue weighted by molar-refractivity contribution is 7.92. The molecule has 2 amide bonds. The lowest BCUT2D eigenvalue weighted by atomic mass is 9.90. The molecule has 0 saturated carbocycles. The number of para-hydroxylation sites is 3. The number of anilines is 3. The van der Waals surface area contributed by atoms with Crippen molar-refractivity contribution in [2.45, 2.75) is 12.3 Å². The first kappa shape index (κ1) is 17.0. The zero-order valence-electron chi connectivity index (χ0n) is 13.4. The average molecular weight is 359 g/mol. The summed E-state index contributed by atoms with van der Waals surface area (Å²) in [6, 6.07) is 13.6. The van der Waals surface area contributed by atoms with Crippen molar-refractivity contribution in [2.75, 3.05) is 21.6 Å². The van der Waals surface area contributed by atoms with Gasteiger partial charge in [0.1, 0.15) is 0 Å². The fourth-order valence-corrected chi connectivity index (χ4v) is 3.32. The molecule has 3 rings (SSSR count). The number of benzene rings is 2. The van der Waals surface area contributed by atoms with Crippen LogP contribution in [-0.2, 0) is 19.6 Å². The smallest absolute Gasteiger partial charge is 0.232 e. The molecule has 1 heterocycles. The number of nitrogens with one attached hydrogen (secondary N) is 3. The third-order valence-corrected chi connectivity index (χ3v) is 4.39. The minimum Gasteiger partial charge on any atom is -0.326 e. The highest BCUT2D eigenvalue weighted by atomic mass is 32.2. The van der Waals surface area contributed by atoms with Gasteiger partial charge in [-0.1, -0.05) is 30.3 Å².